The summed E-state index contributed by atoms with van der Waals surface area (Å²) in [6, 6.07) is 7.53. The number of nitrogens with one attached hydrogen (secondary N) is 2. The molecule has 0 aliphatic carbocycles. The summed E-state index contributed by atoms with van der Waals surface area (Å²) in [5, 5.41) is 5.73. The molecule has 13 heavy (non-hydrogen) atoms. The molecule has 0 unspecified atom stereocenters. The molecule has 1 heterocycles. The standard InChI is InChI=1S/C8H11N5/c1-13-11-8(10-12-13)6-2-4-7(9)5-3-6/h2-5,12H,9H2,1H3,(H,10,11). The predicted octanol–water partition coefficient (Wildman–Crippen LogP) is -0.115. The van der Waals surface area contributed by atoms with Gasteiger partial charge in [0.2, 0.25) is 0 Å². The summed E-state index contributed by atoms with van der Waals surface area (Å²) in [4.78, 5) is 0. The SMILES string of the molecule is CN1NN=C(c2ccc(N)cc2)N1. The zero-order valence-electron chi connectivity index (χ0n) is 7.28. The third-order valence-corrected chi connectivity index (χ3v) is 1.77. The maximum absolute atomic E-state index is 5.57. The fourth-order valence-corrected chi connectivity index (χ4v) is 1.10. The van der Waals surface area contributed by atoms with Crippen molar-refractivity contribution in [2.75, 3.05) is 12.8 Å². The zero-order chi connectivity index (χ0) is 9.26. The van der Waals surface area contributed by atoms with Gasteiger partial charge in [-0.2, -0.15) is 0 Å². The van der Waals surface area contributed by atoms with Gasteiger partial charge in [0.25, 0.3) is 0 Å². The molecule has 1 aliphatic rings. The summed E-state index contributed by atoms with van der Waals surface area (Å²) in [6.45, 7) is 0. The van der Waals surface area contributed by atoms with Crippen LogP contribution >= 0.6 is 0 Å². The van der Waals surface area contributed by atoms with E-state index in [1.54, 1.807) is 5.12 Å². The molecule has 0 bridgehead atoms. The molecule has 0 fully saturated rings. The van der Waals surface area contributed by atoms with Gasteiger partial charge in [-0.1, -0.05) is 0 Å². The molecule has 0 radical (unpaired) electrons. The van der Waals surface area contributed by atoms with Crippen LogP contribution in [-0.2, 0) is 0 Å². The highest BCUT2D eigenvalue weighted by Gasteiger charge is 2.10. The first-order valence-electron chi connectivity index (χ1n) is 3.95. The average Bonchev–Trinajstić information content (AvgIpc) is 2.53. The van der Waals surface area contributed by atoms with Crippen LogP contribution in [0.15, 0.2) is 29.4 Å². The van der Waals surface area contributed by atoms with E-state index in [4.69, 9.17) is 5.73 Å². The van der Waals surface area contributed by atoms with Crippen LogP contribution in [0, 0.1) is 0 Å². The minimum absolute atomic E-state index is 0.753. The number of rotatable bonds is 1. The van der Waals surface area contributed by atoms with Gasteiger partial charge < -0.3 is 5.73 Å². The average molecular weight is 177 g/mol. The topological polar surface area (TPSA) is 65.7 Å². The molecule has 0 saturated carbocycles. The Morgan fingerprint density at radius 3 is 2.54 bits per heavy atom. The van der Waals surface area contributed by atoms with Gasteiger partial charge in [0.1, 0.15) is 0 Å². The molecule has 0 amide bonds. The van der Waals surface area contributed by atoms with Crippen LogP contribution < -0.4 is 16.7 Å². The van der Waals surface area contributed by atoms with Crippen LogP contribution in [0.25, 0.3) is 0 Å². The number of nitrogen functional groups attached to an aromatic ring is 1. The lowest BCUT2D eigenvalue weighted by Gasteiger charge is -2.07. The Morgan fingerprint density at radius 1 is 1.31 bits per heavy atom. The molecule has 1 aromatic rings. The summed E-state index contributed by atoms with van der Waals surface area (Å²) >= 11 is 0. The van der Waals surface area contributed by atoms with Crippen LogP contribution in [0.3, 0.4) is 0 Å². The highest BCUT2D eigenvalue weighted by atomic mass is 15.9. The van der Waals surface area contributed by atoms with Crippen molar-refractivity contribution in [3.05, 3.63) is 29.8 Å². The minimum Gasteiger partial charge on any atom is -0.399 e. The van der Waals surface area contributed by atoms with Crippen LogP contribution in [0.5, 0.6) is 0 Å². The molecule has 68 valence electrons. The van der Waals surface area contributed by atoms with Gasteiger partial charge in [-0.25, -0.2) is 5.53 Å². The van der Waals surface area contributed by atoms with Gasteiger partial charge >= 0.3 is 0 Å². The van der Waals surface area contributed by atoms with E-state index in [9.17, 15) is 0 Å². The quantitative estimate of drug-likeness (QED) is 0.523. The number of hydrogen-bond donors (Lipinski definition) is 3. The third kappa shape index (κ3) is 1.54. The summed E-state index contributed by atoms with van der Waals surface area (Å²) in [7, 11) is 1.84. The molecule has 2 rings (SSSR count). The largest absolute Gasteiger partial charge is 0.399 e. The van der Waals surface area contributed by atoms with Crippen molar-refractivity contribution < 1.29 is 0 Å². The highest BCUT2D eigenvalue weighted by Crippen LogP contribution is 2.06. The molecule has 1 aromatic carbocycles. The second-order valence-corrected chi connectivity index (χ2v) is 2.85. The summed E-state index contributed by atoms with van der Waals surface area (Å²) in [5.74, 6) is 0.794. The van der Waals surface area contributed by atoms with Gasteiger partial charge in [-0.15, -0.1) is 10.2 Å². The van der Waals surface area contributed by atoms with Crippen molar-refractivity contribution in [2.45, 2.75) is 0 Å². The molecule has 0 saturated heterocycles. The zero-order valence-corrected chi connectivity index (χ0v) is 7.28. The first-order valence-corrected chi connectivity index (χ1v) is 3.95. The van der Waals surface area contributed by atoms with E-state index in [1.165, 1.54) is 0 Å². The predicted molar refractivity (Wildman–Crippen MR) is 51.4 cm³/mol. The van der Waals surface area contributed by atoms with Crippen molar-refractivity contribution in [1.82, 2.24) is 16.1 Å². The number of hydrogen-bond acceptors (Lipinski definition) is 5. The van der Waals surface area contributed by atoms with Crippen molar-refractivity contribution in [3.8, 4) is 0 Å². The summed E-state index contributed by atoms with van der Waals surface area (Å²) in [6.07, 6.45) is 0. The van der Waals surface area contributed by atoms with E-state index in [0.29, 0.717) is 0 Å². The van der Waals surface area contributed by atoms with Gasteiger partial charge in [0, 0.05) is 18.3 Å². The Bertz CT molecular complexity index is 329. The Hall–Kier alpha value is -1.75. The van der Waals surface area contributed by atoms with Crippen LogP contribution in [0.4, 0.5) is 5.69 Å². The molecule has 0 spiro atoms. The van der Waals surface area contributed by atoms with Crippen molar-refractivity contribution in [2.24, 2.45) is 5.10 Å². The fourth-order valence-electron chi connectivity index (χ4n) is 1.10. The van der Waals surface area contributed by atoms with Crippen molar-refractivity contribution in [3.63, 3.8) is 0 Å². The number of amidine groups is 1. The maximum Gasteiger partial charge on any atom is 0.170 e. The number of hydrazine groups is 2. The Kier molecular flexibility index (Phi) is 1.79. The van der Waals surface area contributed by atoms with E-state index in [-0.39, 0.29) is 0 Å². The summed E-state index contributed by atoms with van der Waals surface area (Å²) < 4.78 is 0. The first kappa shape index (κ1) is 7.88. The second-order valence-electron chi connectivity index (χ2n) is 2.85. The normalized spacial score (nSPS) is 16.2. The van der Waals surface area contributed by atoms with E-state index in [0.717, 1.165) is 17.1 Å². The molecule has 0 atom stereocenters. The first-order chi connectivity index (χ1) is 6.25. The number of nitrogens with zero attached hydrogens (tertiary/aromatic N) is 2. The van der Waals surface area contributed by atoms with E-state index in [1.807, 2.05) is 31.3 Å². The molecular formula is C8H11N5. The molecular weight excluding hydrogens is 166 g/mol. The lowest BCUT2D eigenvalue weighted by molar-refractivity contribution is 0.232. The molecule has 4 N–H and O–H groups in total. The van der Waals surface area contributed by atoms with Crippen LogP contribution in [-0.4, -0.2) is 18.0 Å². The van der Waals surface area contributed by atoms with Gasteiger partial charge in [-0.05, 0) is 24.3 Å². The molecule has 5 nitrogen and oxygen atoms in total. The lowest BCUT2D eigenvalue weighted by atomic mass is 10.2. The monoisotopic (exact) mass is 177 g/mol. The number of anilines is 1. The number of nitrogens with two attached hydrogens (primary N) is 1. The highest BCUT2D eigenvalue weighted by molar-refractivity contribution is 5.99. The molecule has 5 heteroatoms. The minimum atomic E-state index is 0.753. The van der Waals surface area contributed by atoms with Crippen LogP contribution in [0.1, 0.15) is 5.56 Å². The Labute approximate surface area is 76.2 Å². The van der Waals surface area contributed by atoms with E-state index >= 15 is 0 Å². The van der Waals surface area contributed by atoms with Crippen molar-refractivity contribution in [1.29, 1.82) is 0 Å². The van der Waals surface area contributed by atoms with Gasteiger partial charge in [0.05, 0.1) is 0 Å². The smallest absolute Gasteiger partial charge is 0.170 e. The fraction of sp³-hybridized carbons (Fsp3) is 0.125. The lowest BCUT2D eigenvalue weighted by Crippen LogP contribution is -2.37. The van der Waals surface area contributed by atoms with Crippen molar-refractivity contribution >= 4 is 11.5 Å². The summed E-state index contributed by atoms with van der Waals surface area (Å²) in [5.41, 5.74) is 13.1. The Balaban J connectivity index is 2.22. The number of benzene rings is 1. The van der Waals surface area contributed by atoms with E-state index in [2.05, 4.69) is 16.1 Å². The Morgan fingerprint density at radius 2 is 2.00 bits per heavy atom. The molecule has 1 aliphatic heterocycles. The van der Waals surface area contributed by atoms with Gasteiger partial charge in [-0.3, -0.25) is 5.43 Å². The second kappa shape index (κ2) is 2.95. The number of hydrazone groups is 1. The third-order valence-electron chi connectivity index (χ3n) is 1.77. The molecule has 0 aromatic heterocycles. The van der Waals surface area contributed by atoms with E-state index < -0.39 is 0 Å². The van der Waals surface area contributed by atoms with Crippen LogP contribution in [0.2, 0.25) is 0 Å². The maximum atomic E-state index is 5.57. The van der Waals surface area contributed by atoms with Gasteiger partial charge in [0.15, 0.2) is 5.84 Å².